The number of unbranched alkanes of at least 4 members (excludes halogenated alkanes) is 2. The fourth-order valence-corrected chi connectivity index (χ4v) is 6.22. The summed E-state index contributed by atoms with van der Waals surface area (Å²) in [6, 6.07) is 9.16. The summed E-state index contributed by atoms with van der Waals surface area (Å²) in [5.74, 6) is 4.20. The third-order valence-electron chi connectivity index (χ3n) is 8.24. The molecule has 0 heteroatoms. The lowest BCUT2D eigenvalue weighted by Crippen LogP contribution is -2.25. The average molecular weight is 409 g/mol. The second kappa shape index (κ2) is 13.4. The highest BCUT2D eigenvalue weighted by atomic mass is 14.4. The lowest BCUT2D eigenvalue weighted by molar-refractivity contribution is 0.140. The van der Waals surface area contributed by atoms with Crippen LogP contribution in [0.1, 0.15) is 121 Å². The maximum absolute atomic E-state index is 2.42. The van der Waals surface area contributed by atoms with Gasteiger partial charge in [0.2, 0.25) is 0 Å². The van der Waals surface area contributed by atoms with Crippen molar-refractivity contribution < 1.29 is 0 Å². The minimum Gasteiger partial charge on any atom is -0.0839 e. The van der Waals surface area contributed by atoms with Gasteiger partial charge in [-0.2, -0.15) is 0 Å². The molecule has 0 saturated heterocycles. The van der Waals surface area contributed by atoms with Crippen LogP contribution >= 0.6 is 0 Å². The maximum Gasteiger partial charge on any atom is -0.0260 e. The first kappa shape index (κ1) is 23.6. The molecule has 0 amide bonds. The normalized spacial score (nSPS) is 27.5. The monoisotopic (exact) mass is 408 g/mol. The molecule has 0 unspecified atom stereocenters. The average Bonchev–Trinajstić information content (AvgIpc) is 2.79. The van der Waals surface area contributed by atoms with Gasteiger partial charge in [0.05, 0.1) is 0 Å². The number of rotatable bonds is 11. The topological polar surface area (TPSA) is 0 Å². The molecule has 0 N–H and O–H groups in total. The molecule has 0 heterocycles. The van der Waals surface area contributed by atoms with Crippen LogP contribution in [0.15, 0.2) is 30.3 Å². The molecule has 0 bridgehead atoms. The minimum atomic E-state index is 0.989. The molecule has 2 fully saturated rings. The number of hydrogen-bond donors (Lipinski definition) is 0. The summed E-state index contributed by atoms with van der Waals surface area (Å²) in [6.07, 6.45) is 27.9. The highest BCUT2D eigenvalue weighted by molar-refractivity contribution is 5.49. The van der Waals surface area contributed by atoms with Gasteiger partial charge >= 0.3 is 0 Å². The van der Waals surface area contributed by atoms with E-state index in [0.29, 0.717) is 0 Å². The summed E-state index contributed by atoms with van der Waals surface area (Å²) in [4.78, 5) is 0. The van der Waals surface area contributed by atoms with Crippen LogP contribution in [0.2, 0.25) is 0 Å². The quantitative estimate of drug-likeness (QED) is 0.320. The van der Waals surface area contributed by atoms with E-state index in [1.807, 2.05) is 0 Å². The molecule has 168 valence electrons. The summed E-state index contributed by atoms with van der Waals surface area (Å²) in [5, 5.41) is 0. The second-order valence-electron chi connectivity index (χ2n) is 10.5. The summed E-state index contributed by atoms with van der Waals surface area (Å²) < 4.78 is 0. The van der Waals surface area contributed by atoms with Crippen molar-refractivity contribution in [2.45, 2.75) is 117 Å². The van der Waals surface area contributed by atoms with Crippen LogP contribution in [0.4, 0.5) is 0 Å². The van der Waals surface area contributed by atoms with Crippen molar-refractivity contribution >= 4 is 6.08 Å². The Labute approximate surface area is 187 Å². The number of allylic oxidation sites excluding steroid dienone is 1. The van der Waals surface area contributed by atoms with Gasteiger partial charge in [-0.3, -0.25) is 0 Å². The van der Waals surface area contributed by atoms with E-state index in [4.69, 9.17) is 0 Å². The molecule has 0 spiro atoms. The lowest BCUT2D eigenvalue weighted by atomic mass is 9.68. The van der Waals surface area contributed by atoms with E-state index in [9.17, 15) is 0 Å². The molecule has 2 aliphatic carbocycles. The summed E-state index contributed by atoms with van der Waals surface area (Å²) >= 11 is 0. The molecule has 1 aromatic rings. The molecule has 0 aliphatic heterocycles. The fourth-order valence-electron chi connectivity index (χ4n) is 6.22. The Morgan fingerprint density at radius 1 is 0.700 bits per heavy atom. The van der Waals surface area contributed by atoms with Crippen molar-refractivity contribution in [2.24, 2.45) is 23.7 Å². The van der Waals surface area contributed by atoms with E-state index < -0.39 is 0 Å². The maximum atomic E-state index is 2.42. The van der Waals surface area contributed by atoms with Crippen LogP contribution in [-0.4, -0.2) is 0 Å². The van der Waals surface area contributed by atoms with Crippen LogP contribution in [-0.2, 0) is 6.42 Å². The third kappa shape index (κ3) is 7.90. The lowest BCUT2D eigenvalue weighted by Gasteiger charge is -2.38. The van der Waals surface area contributed by atoms with Crippen LogP contribution in [0.3, 0.4) is 0 Å². The van der Waals surface area contributed by atoms with Crippen LogP contribution in [0, 0.1) is 23.7 Å². The Morgan fingerprint density at radius 2 is 1.30 bits per heavy atom. The fraction of sp³-hybridized carbons (Fsp3) is 0.733. The predicted octanol–water partition coefficient (Wildman–Crippen LogP) is 9.63. The van der Waals surface area contributed by atoms with E-state index in [0.717, 1.165) is 23.7 Å². The van der Waals surface area contributed by atoms with Crippen molar-refractivity contribution in [1.82, 2.24) is 0 Å². The molecular weight excluding hydrogens is 360 g/mol. The molecule has 0 atom stereocenters. The summed E-state index contributed by atoms with van der Waals surface area (Å²) in [5.41, 5.74) is 2.83. The Kier molecular flexibility index (Phi) is 10.5. The van der Waals surface area contributed by atoms with E-state index in [1.165, 1.54) is 88.2 Å². The van der Waals surface area contributed by atoms with Gasteiger partial charge in [-0.1, -0.05) is 108 Å². The van der Waals surface area contributed by atoms with Gasteiger partial charge in [0.1, 0.15) is 0 Å². The van der Waals surface area contributed by atoms with Gasteiger partial charge in [-0.15, -0.1) is 0 Å². The number of hydrogen-bond acceptors (Lipinski definition) is 0. The van der Waals surface area contributed by atoms with E-state index >= 15 is 0 Å². The Balaban J connectivity index is 1.28. The van der Waals surface area contributed by atoms with Gasteiger partial charge in [0, 0.05) is 0 Å². The van der Waals surface area contributed by atoms with Crippen molar-refractivity contribution in [1.29, 1.82) is 0 Å². The Hall–Kier alpha value is -1.04. The van der Waals surface area contributed by atoms with E-state index in [1.54, 1.807) is 25.7 Å². The van der Waals surface area contributed by atoms with Gasteiger partial charge in [-0.25, -0.2) is 0 Å². The van der Waals surface area contributed by atoms with Crippen LogP contribution in [0.5, 0.6) is 0 Å². The molecule has 2 saturated carbocycles. The molecule has 0 nitrogen and oxygen atoms in total. The largest absolute Gasteiger partial charge is 0.0839 e. The van der Waals surface area contributed by atoms with Crippen molar-refractivity contribution in [3.8, 4) is 0 Å². The highest BCUT2D eigenvalue weighted by Gasteiger charge is 2.30. The third-order valence-corrected chi connectivity index (χ3v) is 8.24. The van der Waals surface area contributed by atoms with Gasteiger partial charge in [0.25, 0.3) is 0 Å². The zero-order chi connectivity index (χ0) is 21.0. The molecule has 1 aromatic carbocycles. The first-order chi connectivity index (χ1) is 14.8. The molecule has 2 aliphatic rings. The highest BCUT2D eigenvalue weighted by Crippen LogP contribution is 2.43. The first-order valence-electron chi connectivity index (χ1n) is 13.5. The molecule has 0 aromatic heterocycles. The molecular formula is C30H48. The number of benzene rings is 1. The Morgan fingerprint density at radius 3 is 1.87 bits per heavy atom. The minimum absolute atomic E-state index is 0.989. The van der Waals surface area contributed by atoms with Gasteiger partial charge < -0.3 is 0 Å². The summed E-state index contributed by atoms with van der Waals surface area (Å²) in [7, 11) is 0. The molecule has 0 radical (unpaired) electrons. The predicted molar refractivity (Wildman–Crippen MR) is 134 cm³/mol. The van der Waals surface area contributed by atoms with Gasteiger partial charge in [-0.05, 0) is 79.7 Å². The zero-order valence-electron chi connectivity index (χ0n) is 20.1. The van der Waals surface area contributed by atoms with E-state index in [2.05, 4.69) is 50.3 Å². The zero-order valence-corrected chi connectivity index (χ0v) is 20.1. The Bertz CT molecular complexity index is 579. The van der Waals surface area contributed by atoms with Crippen LogP contribution < -0.4 is 0 Å². The van der Waals surface area contributed by atoms with Crippen LogP contribution in [0.25, 0.3) is 6.08 Å². The molecule has 30 heavy (non-hydrogen) atoms. The first-order valence-corrected chi connectivity index (χ1v) is 13.5. The number of aryl methyl sites for hydroxylation is 1. The smallest absolute Gasteiger partial charge is 0.0260 e. The SMILES string of the molecule is CCCCCC1CCC(C2CCC(CC/C=C\c3ccc(CCC)cc3)CC2)CC1. The standard InChI is InChI=1S/C30H48/c1-3-5-6-10-27-17-21-29(22-18-27)30-23-19-28(20-24-30)12-8-7-11-26-15-13-25(9-4-2)14-16-26/h7,11,13-16,27-30H,3-6,8-10,12,17-24H2,1-2H3/b11-7-. The second-order valence-corrected chi connectivity index (χ2v) is 10.5. The van der Waals surface area contributed by atoms with Gasteiger partial charge in [0.15, 0.2) is 0 Å². The summed E-state index contributed by atoms with van der Waals surface area (Å²) in [6.45, 7) is 4.58. The molecule has 3 rings (SSSR count). The van der Waals surface area contributed by atoms with Crippen molar-refractivity contribution in [3.05, 3.63) is 41.5 Å². The van der Waals surface area contributed by atoms with Crippen molar-refractivity contribution in [3.63, 3.8) is 0 Å². The van der Waals surface area contributed by atoms with E-state index in [-0.39, 0.29) is 0 Å². The van der Waals surface area contributed by atoms with Crippen molar-refractivity contribution in [2.75, 3.05) is 0 Å².